The molecule has 1 aromatic heterocycles. The average Bonchev–Trinajstić information content (AvgIpc) is 2.92. The van der Waals surface area contributed by atoms with Gasteiger partial charge in [-0.05, 0) is 30.4 Å². The van der Waals surface area contributed by atoms with Gasteiger partial charge in [0, 0.05) is 12.7 Å². The number of ketones is 1. The zero-order valence-corrected chi connectivity index (χ0v) is 11.3. The predicted octanol–water partition coefficient (Wildman–Crippen LogP) is 2.92. The van der Waals surface area contributed by atoms with E-state index in [1.807, 2.05) is 0 Å². The Hall–Kier alpha value is -1.23. The molecule has 0 N–H and O–H groups in total. The van der Waals surface area contributed by atoms with Gasteiger partial charge in [0.1, 0.15) is 0 Å². The lowest BCUT2D eigenvalue weighted by molar-refractivity contribution is -0.141. The molecule has 1 aliphatic rings. The number of carbonyl (C=O) groups is 2. The minimum absolute atomic E-state index is 0.0704. The Morgan fingerprint density at radius 3 is 2.67 bits per heavy atom. The lowest BCUT2D eigenvalue weighted by atomic mass is 10.1. The van der Waals surface area contributed by atoms with Crippen molar-refractivity contribution >= 4 is 23.5 Å². The summed E-state index contributed by atoms with van der Waals surface area (Å²) in [5.41, 5.74) is 0.0704. The van der Waals surface area contributed by atoms with Crippen LogP contribution in [0.1, 0.15) is 36.7 Å². The molecular formula is C13H16O4S. The highest BCUT2D eigenvalue weighted by atomic mass is 32.2. The second-order valence-corrected chi connectivity index (χ2v) is 5.70. The van der Waals surface area contributed by atoms with Gasteiger partial charge in [-0.15, -0.1) is 0 Å². The van der Waals surface area contributed by atoms with E-state index in [1.165, 1.54) is 14.0 Å². The van der Waals surface area contributed by atoms with E-state index >= 15 is 0 Å². The molecule has 1 aliphatic carbocycles. The van der Waals surface area contributed by atoms with Crippen LogP contribution in [0.4, 0.5) is 0 Å². The second-order valence-electron chi connectivity index (χ2n) is 4.72. The third-order valence-electron chi connectivity index (χ3n) is 3.15. The van der Waals surface area contributed by atoms with Gasteiger partial charge in [-0.2, -0.15) is 0 Å². The van der Waals surface area contributed by atoms with Crippen LogP contribution in [0.5, 0.6) is 0 Å². The average molecular weight is 268 g/mol. The van der Waals surface area contributed by atoms with Crippen molar-refractivity contribution in [2.75, 3.05) is 12.9 Å². The first-order valence-electron chi connectivity index (χ1n) is 5.85. The first-order valence-corrected chi connectivity index (χ1v) is 6.84. The first kappa shape index (κ1) is 13.2. The zero-order chi connectivity index (χ0) is 13.2. The maximum absolute atomic E-state index is 11.3. The third-order valence-corrected chi connectivity index (χ3v) is 4.41. The number of rotatable bonds is 6. The molecule has 2 rings (SSSR count). The monoisotopic (exact) mass is 268 g/mol. The molecule has 18 heavy (non-hydrogen) atoms. The second kappa shape index (κ2) is 5.18. The molecule has 98 valence electrons. The molecule has 0 bridgehead atoms. The molecule has 0 atom stereocenters. The molecule has 1 saturated carbocycles. The number of hydrogen-bond donors (Lipinski definition) is 0. The molecule has 0 radical (unpaired) electrons. The highest BCUT2D eigenvalue weighted by Crippen LogP contribution is 2.52. The Kier molecular flexibility index (Phi) is 3.80. The van der Waals surface area contributed by atoms with Crippen LogP contribution in [0.15, 0.2) is 21.6 Å². The molecule has 0 unspecified atom stereocenters. The van der Waals surface area contributed by atoms with Crippen LogP contribution < -0.4 is 0 Å². The summed E-state index contributed by atoms with van der Waals surface area (Å²) in [6, 6.07) is 3.49. The van der Waals surface area contributed by atoms with E-state index in [1.54, 1.807) is 23.9 Å². The summed E-state index contributed by atoms with van der Waals surface area (Å²) < 4.78 is 10.1. The Labute approximate surface area is 110 Å². The Morgan fingerprint density at radius 2 is 2.17 bits per heavy atom. The largest absolute Gasteiger partial charge is 0.469 e. The Morgan fingerprint density at radius 1 is 1.44 bits per heavy atom. The fourth-order valence-electron chi connectivity index (χ4n) is 1.74. The molecule has 0 spiro atoms. The number of Topliss-reactive ketones (excluding diaryl/α,β-unsaturated/α-hetero) is 1. The van der Waals surface area contributed by atoms with Crippen LogP contribution in [-0.4, -0.2) is 24.6 Å². The van der Waals surface area contributed by atoms with Crippen molar-refractivity contribution in [3.63, 3.8) is 0 Å². The minimum Gasteiger partial charge on any atom is -0.469 e. The number of hydrogen-bond acceptors (Lipinski definition) is 5. The highest BCUT2D eigenvalue weighted by Gasteiger charge is 2.44. The van der Waals surface area contributed by atoms with E-state index in [4.69, 9.17) is 9.15 Å². The van der Waals surface area contributed by atoms with Crippen molar-refractivity contribution in [2.45, 2.75) is 31.3 Å². The van der Waals surface area contributed by atoms with Crippen molar-refractivity contribution in [1.29, 1.82) is 0 Å². The van der Waals surface area contributed by atoms with E-state index in [9.17, 15) is 9.59 Å². The zero-order valence-electron chi connectivity index (χ0n) is 10.5. The van der Waals surface area contributed by atoms with E-state index in [2.05, 4.69) is 0 Å². The van der Waals surface area contributed by atoms with Crippen LogP contribution in [0, 0.1) is 5.41 Å². The molecular weight excluding hydrogens is 252 g/mol. The Balaban J connectivity index is 1.87. The van der Waals surface area contributed by atoms with Gasteiger partial charge >= 0.3 is 5.97 Å². The number of carbonyl (C=O) groups excluding carboxylic acids is 2. The van der Waals surface area contributed by atoms with Gasteiger partial charge in [0.2, 0.25) is 0 Å². The molecule has 0 saturated heterocycles. The minimum atomic E-state index is -0.156. The van der Waals surface area contributed by atoms with Gasteiger partial charge in [-0.1, -0.05) is 11.8 Å². The number of ether oxygens (including phenoxy) is 1. The molecule has 5 heteroatoms. The van der Waals surface area contributed by atoms with Gasteiger partial charge in [0.25, 0.3) is 0 Å². The predicted molar refractivity (Wildman–Crippen MR) is 67.7 cm³/mol. The number of furan rings is 1. The van der Waals surface area contributed by atoms with Crippen molar-refractivity contribution in [3.8, 4) is 0 Å². The normalized spacial score (nSPS) is 16.3. The quantitative estimate of drug-likeness (QED) is 0.451. The molecule has 1 fully saturated rings. The summed E-state index contributed by atoms with van der Waals surface area (Å²) in [6.07, 6.45) is 2.57. The molecule has 1 heterocycles. The first-order chi connectivity index (χ1) is 8.54. The maximum atomic E-state index is 11.3. The summed E-state index contributed by atoms with van der Waals surface area (Å²) in [6.45, 7) is 1.48. The van der Waals surface area contributed by atoms with Gasteiger partial charge in [0.05, 0.1) is 13.5 Å². The fourth-order valence-corrected chi connectivity index (χ4v) is 2.89. The van der Waals surface area contributed by atoms with Gasteiger partial charge in [-0.25, -0.2) is 0 Å². The Bertz CT molecular complexity index is 459. The molecule has 0 aliphatic heterocycles. The van der Waals surface area contributed by atoms with E-state index in [0.29, 0.717) is 12.2 Å². The fraction of sp³-hybridized carbons (Fsp3) is 0.538. The van der Waals surface area contributed by atoms with Gasteiger partial charge in [0.15, 0.2) is 16.6 Å². The van der Waals surface area contributed by atoms with Crippen LogP contribution >= 0.6 is 11.8 Å². The highest BCUT2D eigenvalue weighted by molar-refractivity contribution is 7.99. The summed E-state index contributed by atoms with van der Waals surface area (Å²) in [5.74, 6) is 0.984. The van der Waals surface area contributed by atoms with Crippen LogP contribution in [0.25, 0.3) is 0 Å². The standard InChI is InChI=1S/C13H16O4S/c1-9(14)10-3-4-12(17-10)18-8-13(5-6-13)7-11(15)16-2/h3-4H,5-8H2,1-2H3. The topological polar surface area (TPSA) is 56.5 Å². The number of esters is 1. The van der Waals surface area contributed by atoms with E-state index in [0.717, 1.165) is 23.7 Å². The third kappa shape index (κ3) is 3.16. The maximum Gasteiger partial charge on any atom is 0.306 e. The lowest BCUT2D eigenvalue weighted by Crippen LogP contribution is -2.12. The summed E-state index contributed by atoms with van der Waals surface area (Å²) in [7, 11) is 1.41. The SMILES string of the molecule is COC(=O)CC1(CSc2ccc(C(C)=O)o2)CC1. The van der Waals surface area contributed by atoms with Crippen LogP contribution in [0.3, 0.4) is 0 Å². The number of thioether (sulfide) groups is 1. The van der Waals surface area contributed by atoms with Crippen molar-refractivity contribution in [1.82, 2.24) is 0 Å². The smallest absolute Gasteiger partial charge is 0.306 e. The van der Waals surface area contributed by atoms with Crippen molar-refractivity contribution in [2.24, 2.45) is 5.41 Å². The summed E-state index contributed by atoms with van der Waals surface area (Å²) >= 11 is 1.55. The van der Waals surface area contributed by atoms with Crippen LogP contribution in [-0.2, 0) is 9.53 Å². The van der Waals surface area contributed by atoms with Crippen LogP contribution in [0.2, 0.25) is 0 Å². The molecule has 4 nitrogen and oxygen atoms in total. The van der Waals surface area contributed by atoms with Crippen molar-refractivity contribution in [3.05, 3.63) is 17.9 Å². The molecule has 0 aromatic carbocycles. The molecule has 1 aromatic rings. The van der Waals surface area contributed by atoms with Crippen molar-refractivity contribution < 1.29 is 18.7 Å². The number of methoxy groups -OCH3 is 1. The molecule has 0 amide bonds. The van der Waals surface area contributed by atoms with Gasteiger partial charge in [-0.3, -0.25) is 9.59 Å². The van der Waals surface area contributed by atoms with Gasteiger partial charge < -0.3 is 9.15 Å². The summed E-state index contributed by atoms with van der Waals surface area (Å²) in [4.78, 5) is 22.4. The van der Waals surface area contributed by atoms with E-state index < -0.39 is 0 Å². The lowest BCUT2D eigenvalue weighted by Gasteiger charge is -2.11. The summed E-state index contributed by atoms with van der Waals surface area (Å²) in [5, 5.41) is 0.733. The van der Waals surface area contributed by atoms with E-state index in [-0.39, 0.29) is 17.2 Å².